The first-order valence-corrected chi connectivity index (χ1v) is 7.73. The maximum atomic E-state index is 5.87. The van der Waals surface area contributed by atoms with E-state index in [-0.39, 0.29) is 6.04 Å². The third-order valence-corrected chi connectivity index (χ3v) is 4.15. The normalized spacial score (nSPS) is 12.0. The van der Waals surface area contributed by atoms with E-state index in [2.05, 4.69) is 39.0 Å². The second kappa shape index (κ2) is 6.96. The Bertz CT molecular complexity index is 613. The molecule has 4 heteroatoms. The van der Waals surface area contributed by atoms with E-state index in [1.165, 1.54) is 5.56 Å². The summed E-state index contributed by atoms with van der Waals surface area (Å²) < 4.78 is 6.51. The van der Waals surface area contributed by atoms with Crippen LogP contribution in [-0.2, 0) is 6.42 Å². The molecule has 2 rings (SSSR count). The van der Waals surface area contributed by atoms with Crippen molar-refractivity contribution in [3.05, 3.63) is 52.5 Å². The Balaban J connectivity index is 2.31. The van der Waals surface area contributed by atoms with Crippen LogP contribution in [0.15, 0.2) is 46.9 Å². The van der Waals surface area contributed by atoms with Crippen LogP contribution in [0.1, 0.15) is 12.5 Å². The van der Waals surface area contributed by atoms with E-state index in [1.54, 1.807) is 7.11 Å². The summed E-state index contributed by atoms with van der Waals surface area (Å²) in [5.74, 6) is 0.857. The van der Waals surface area contributed by atoms with Gasteiger partial charge in [0.1, 0.15) is 5.75 Å². The Morgan fingerprint density at radius 2 is 1.95 bits per heavy atom. The predicted octanol–water partition coefficient (Wildman–Crippen LogP) is 4.12. The van der Waals surface area contributed by atoms with Gasteiger partial charge in [-0.15, -0.1) is 0 Å². The number of ether oxygens (including phenoxy) is 1. The molecule has 0 aliphatic rings. The fourth-order valence-corrected chi connectivity index (χ4v) is 2.83. The van der Waals surface area contributed by atoms with Crippen molar-refractivity contribution < 1.29 is 4.74 Å². The molecule has 1 atom stereocenters. The minimum atomic E-state index is 0.152. The van der Waals surface area contributed by atoms with E-state index in [4.69, 9.17) is 10.5 Å². The molecule has 0 saturated carbocycles. The van der Waals surface area contributed by atoms with E-state index in [0.717, 1.165) is 28.0 Å². The number of nitrogens with two attached hydrogens (primary N) is 1. The highest BCUT2D eigenvalue weighted by atomic mass is 79.9. The molecule has 0 aromatic heterocycles. The zero-order chi connectivity index (χ0) is 15.4. The lowest BCUT2D eigenvalue weighted by atomic mass is 10.1. The Hall–Kier alpha value is -1.52. The summed E-state index contributed by atoms with van der Waals surface area (Å²) in [5.41, 5.74) is 9.23. The first-order valence-electron chi connectivity index (χ1n) is 6.93. The van der Waals surface area contributed by atoms with Gasteiger partial charge in [0.25, 0.3) is 0 Å². The van der Waals surface area contributed by atoms with Crippen molar-refractivity contribution >= 4 is 27.3 Å². The fourth-order valence-electron chi connectivity index (χ4n) is 2.30. The lowest BCUT2D eigenvalue weighted by Crippen LogP contribution is -2.18. The highest BCUT2D eigenvalue weighted by Gasteiger charge is 2.11. The third-order valence-electron chi connectivity index (χ3n) is 3.41. The van der Waals surface area contributed by atoms with E-state index in [0.29, 0.717) is 0 Å². The summed E-state index contributed by atoms with van der Waals surface area (Å²) in [4.78, 5) is 2.11. The zero-order valence-electron chi connectivity index (χ0n) is 12.6. The van der Waals surface area contributed by atoms with Crippen LogP contribution in [0.5, 0.6) is 5.75 Å². The standard InChI is InChI=1S/C17H21BrN2O/c1-12(19)10-13-8-9-14(11-15(13)18)20(2)16-6-4-5-7-17(16)21-3/h4-9,11-12H,10,19H2,1-3H3. The molecule has 0 amide bonds. The Labute approximate surface area is 134 Å². The van der Waals surface area contributed by atoms with Gasteiger partial charge in [-0.3, -0.25) is 0 Å². The number of hydrogen-bond acceptors (Lipinski definition) is 3. The summed E-state index contributed by atoms with van der Waals surface area (Å²) in [6, 6.07) is 14.5. The smallest absolute Gasteiger partial charge is 0.142 e. The van der Waals surface area contributed by atoms with Crippen LogP contribution < -0.4 is 15.4 Å². The van der Waals surface area contributed by atoms with Gasteiger partial charge in [-0.2, -0.15) is 0 Å². The van der Waals surface area contributed by atoms with Crippen molar-refractivity contribution in [2.45, 2.75) is 19.4 Å². The number of rotatable bonds is 5. The van der Waals surface area contributed by atoms with Gasteiger partial charge in [0.05, 0.1) is 12.8 Å². The van der Waals surface area contributed by atoms with Gasteiger partial charge in [-0.25, -0.2) is 0 Å². The van der Waals surface area contributed by atoms with Gasteiger partial charge in [-0.05, 0) is 43.2 Å². The molecule has 2 N–H and O–H groups in total. The van der Waals surface area contributed by atoms with Crippen LogP contribution in [-0.4, -0.2) is 20.2 Å². The van der Waals surface area contributed by atoms with Crippen LogP contribution in [0.25, 0.3) is 0 Å². The van der Waals surface area contributed by atoms with Crippen molar-refractivity contribution in [3.63, 3.8) is 0 Å². The Morgan fingerprint density at radius 1 is 1.24 bits per heavy atom. The number of anilines is 2. The van der Waals surface area contributed by atoms with Crippen molar-refractivity contribution in [3.8, 4) is 5.75 Å². The van der Waals surface area contributed by atoms with Crippen LogP contribution in [0.3, 0.4) is 0 Å². The number of methoxy groups -OCH3 is 1. The average Bonchev–Trinajstić information content (AvgIpc) is 2.48. The number of para-hydroxylation sites is 2. The summed E-state index contributed by atoms with van der Waals surface area (Å²) in [6.45, 7) is 2.02. The van der Waals surface area contributed by atoms with E-state index in [1.807, 2.05) is 38.2 Å². The summed E-state index contributed by atoms with van der Waals surface area (Å²) in [5, 5.41) is 0. The second-order valence-corrected chi connectivity index (χ2v) is 6.04. The minimum Gasteiger partial charge on any atom is -0.495 e. The molecule has 0 aliphatic carbocycles. The number of benzene rings is 2. The molecule has 0 spiro atoms. The van der Waals surface area contributed by atoms with Crippen molar-refractivity contribution in [1.29, 1.82) is 0 Å². The molecule has 2 aromatic carbocycles. The lowest BCUT2D eigenvalue weighted by Gasteiger charge is -2.22. The SMILES string of the molecule is COc1ccccc1N(C)c1ccc(CC(C)N)c(Br)c1. The number of halogens is 1. The van der Waals surface area contributed by atoms with Crippen LogP contribution in [0.2, 0.25) is 0 Å². The number of nitrogens with zero attached hydrogens (tertiary/aromatic N) is 1. The van der Waals surface area contributed by atoms with Gasteiger partial charge < -0.3 is 15.4 Å². The first-order chi connectivity index (χ1) is 10.0. The van der Waals surface area contributed by atoms with E-state index in [9.17, 15) is 0 Å². The molecule has 0 bridgehead atoms. The van der Waals surface area contributed by atoms with Gasteiger partial charge in [0.15, 0.2) is 0 Å². The number of hydrogen-bond donors (Lipinski definition) is 1. The second-order valence-electron chi connectivity index (χ2n) is 5.19. The summed E-state index contributed by atoms with van der Waals surface area (Å²) >= 11 is 3.64. The highest BCUT2D eigenvalue weighted by Crippen LogP contribution is 2.34. The molecule has 2 aromatic rings. The minimum absolute atomic E-state index is 0.152. The monoisotopic (exact) mass is 348 g/mol. The molecule has 3 nitrogen and oxygen atoms in total. The summed E-state index contributed by atoms with van der Waals surface area (Å²) in [7, 11) is 3.72. The largest absolute Gasteiger partial charge is 0.495 e. The zero-order valence-corrected chi connectivity index (χ0v) is 14.2. The average molecular weight is 349 g/mol. The van der Waals surface area contributed by atoms with Crippen LogP contribution in [0, 0.1) is 0 Å². The fraction of sp³-hybridized carbons (Fsp3) is 0.294. The Morgan fingerprint density at radius 3 is 2.57 bits per heavy atom. The molecular weight excluding hydrogens is 328 g/mol. The van der Waals surface area contributed by atoms with Crippen molar-refractivity contribution in [2.75, 3.05) is 19.1 Å². The highest BCUT2D eigenvalue weighted by molar-refractivity contribution is 9.10. The topological polar surface area (TPSA) is 38.5 Å². The molecular formula is C17H21BrN2O. The van der Waals surface area contributed by atoms with E-state index >= 15 is 0 Å². The predicted molar refractivity (Wildman–Crippen MR) is 92.6 cm³/mol. The van der Waals surface area contributed by atoms with Crippen LogP contribution in [0.4, 0.5) is 11.4 Å². The summed E-state index contributed by atoms with van der Waals surface area (Å²) in [6.07, 6.45) is 0.860. The van der Waals surface area contributed by atoms with E-state index < -0.39 is 0 Å². The first kappa shape index (κ1) is 15.9. The molecule has 0 aliphatic heterocycles. The van der Waals surface area contributed by atoms with Gasteiger partial charge in [0, 0.05) is 23.2 Å². The van der Waals surface area contributed by atoms with Crippen molar-refractivity contribution in [1.82, 2.24) is 0 Å². The van der Waals surface area contributed by atoms with Gasteiger partial charge >= 0.3 is 0 Å². The molecule has 21 heavy (non-hydrogen) atoms. The van der Waals surface area contributed by atoms with Crippen molar-refractivity contribution in [2.24, 2.45) is 5.73 Å². The molecule has 1 unspecified atom stereocenters. The Kier molecular flexibility index (Phi) is 5.26. The van der Waals surface area contributed by atoms with Gasteiger partial charge in [0.2, 0.25) is 0 Å². The molecule has 0 saturated heterocycles. The molecule has 0 radical (unpaired) electrons. The molecule has 0 heterocycles. The quantitative estimate of drug-likeness (QED) is 0.883. The maximum Gasteiger partial charge on any atom is 0.142 e. The lowest BCUT2D eigenvalue weighted by molar-refractivity contribution is 0.415. The third kappa shape index (κ3) is 3.77. The molecule has 0 fully saturated rings. The van der Waals surface area contributed by atoms with Gasteiger partial charge in [-0.1, -0.05) is 34.1 Å². The van der Waals surface area contributed by atoms with Crippen LogP contribution >= 0.6 is 15.9 Å². The maximum absolute atomic E-state index is 5.87. The molecule has 112 valence electrons.